The van der Waals surface area contributed by atoms with E-state index in [1.54, 1.807) is 11.0 Å². The minimum Gasteiger partial charge on any atom is -0.444 e. The maximum absolute atomic E-state index is 13.0. The Morgan fingerprint density at radius 2 is 1.91 bits per heavy atom. The molecule has 1 aliphatic carbocycles. The minimum atomic E-state index is -0.657. The van der Waals surface area contributed by atoms with Crippen LogP contribution in [-0.4, -0.2) is 63.3 Å². The average Bonchev–Trinajstić information content (AvgIpc) is 3.37. The summed E-state index contributed by atoms with van der Waals surface area (Å²) >= 11 is 0. The third kappa shape index (κ3) is 4.32. The van der Waals surface area contributed by atoms with Gasteiger partial charge in [-0.05, 0) is 57.7 Å². The molecule has 9 nitrogen and oxygen atoms in total. The molecule has 5 rings (SSSR count). The molecule has 186 valence electrons. The predicted molar refractivity (Wildman–Crippen MR) is 127 cm³/mol. The number of nitrogens with one attached hydrogen (secondary N) is 1. The lowest BCUT2D eigenvalue weighted by Crippen LogP contribution is -2.52. The summed E-state index contributed by atoms with van der Waals surface area (Å²) in [5.41, 5.74) is 2.39. The fourth-order valence-electron chi connectivity index (χ4n) is 5.84. The van der Waals surface area contributed by atoms with Gasteiger partial charge < -0.3 is 14.5 Å². The molecule has 1 aromatic rings. The molecular weight excluding hydrogens is 448 g/mol. The summed E-state index contributed by atoms with van der Waals surface area (Å²) in [6.45, 7) is 6.90. The van der Waals surface area contributed by atoms with E-state index in [-0.39, 0.29) is 36.3 Å². The van der Waals surface area contributed by atoms with Crippen molar-refractivity contribution >= 4 is 29.4 Å². The molecule has 3 aliphatic heterocycles. The second kappa shape index (κ2) is 8.46. The summed E-state index contributed by atoms with van der Waals surface area (Å²) < 4.78 is 5.62. The van der Waals surface area contributed by atoms with E-state index in [4.69, 9.17) is 9.72 Å². The van der Waals surface area contributed by atoms with E-state index in [0.29, 0.717) is 30.8 Å². The summed E-state index contributed by atoms with van der Waals surface area (Å²) in [4.78, 5) is 57.9. The fourth-order valence-corrected chi connectivity index (χ4v) is 5.84. The Labute approximate surface area is 204 Å². The van der Waals surface area contributed by atoms with E-state index in [9.17, 15) is 19.2 Å². The summed E-state index contributed by atoms with van der Waals surface area (Å²) in [5, 5.41) is 2.33. The van der Waals surface area contributed by atoms with Crippen LogP contribution < -0.4 is 5.32 Å². The van der Waals surface area contributed by atoms with Gasteiger partial charge in [0.05, 0.1) is 23.5 Å². The van der Waals surface area contributed by atoms with E-state index in [2.05, 4.69) is 11.4 Å². The standard InChI is InChI=1S/C26H32N4O5/c1-25(2,3)35-24(34)29-13-10-17(26(15-29)11-4-5-12-26)18-7-6-16-19(27-18)14-30(23(16)33)20-8-9-21(31)28-22(20)32/h6-7,10,20H,4-5,8-9,11-15H2,1-3H3,(H,28,31,32). The number of fused-ring (bicyclic) bond motifs is 1. The molecule has 1 aromatic heterocycles. The van der Waals surface area contributed by atoms with Gasteiger partial charge in [-0.3, -0.25) is 24.7 Å². The number of piperidine rings is 1. The van der Waals surface area contributed by atoms with E-state index < -0.39 is 17.6 Å². The van der Waals surface area contributed by atoms with Crippen LogP contribution in [0.25, 0.3) is 5.57 Å². The molecule has 2 fully saturated rings. The van der Waals surface area contributed by atoms with Crippen molar-refractivity contribution in [1.82, 2.24) is 20.1 Å². The molecule has 4 heterocycles. The van der Waals surface area contributed by atoms with Gasteiger partial charge in [0.1, 0.15) is 11.6 Å². The monoisotopic (exact) mass is 480 g/mol. The quantitative estimate of drug-likeness (QED) is 0.652. The number of imide groups is 1. The molecule has 1 saturated heterocycles. The molecule has 1 N–H and O–H groups in total. The maximum Gasteiger partial charge on any atom is 0.410 e. The van der Waals surface area contributed by atoms with Crippen molar-refractivity contribution in [2.75, 3.05) is 13.1 Å². The number of rotatable bonds is 2. The number of carbonyl (C=O) groups excluding carboxylic acids is 4. The first-order valence-electron chi connectivity index (χ1n) is 12.4. The summed E-state index contributed by atoms with van der Waals surface area (Å²) in [7, 11) is 0. The summed E-state index contributed by atoms with van der Waals surface area (Å²) in [6.07, 6.45) is 6.45. The van der Waals surface area contributed by atoms with Crippen LogP contribution in [0.3, 0.4) is 0 Å². The first-order chi connectivity index (χ1) is 16.6. The number of carbonyl (C=O) groups is 4. The number of amides is 4. The van der Waals surface area contributed by atoms with Crippen molar-refractivity contribution in [1.29, 1.82) is 0 Å². The molecule has 4 aliphatic rings. The minimum absolute atomic E-state index is 0.178. The predicted octanol–water partition coefficient (Wildman–Crippen LogP) is 3.04. The molecule has 0 bridgehead atoms. The number of pyridine rings is 1. The van der Waals surface area contributed by atoms with Crippen LogP contribution in [0.1, 0.15) is 81.0 Å². The van der Waals surface area contributed by atoms with Gasteiger partial charge in [0.15, 0.2) is 0 Å². The van der Waals surface area contributed by atoms with E-state index in [1.807, 2.05) is 26.8 Å². The molecule has 1 saturated carbocycles. The van der Waals surface area contributed by atoms with Crippen molar-refractivity contribution < 1.29 is 23.9 Å². The third-order valence-corrected chi connectivity index (χ3v) is 7.44. The lowest BCUT2D eigenvalue weighted by molar-refractivity contribution is -0.136. The highest BCUT2D eigenvalue weighted by molar-refractivity contribution is 6.05. The Hall–Kier alpha value is -3.23. The second-order valence-corrected chi connectivity index (χ2v) is 11.1. The zero-order valence-electron chi connectivity index (χ0n) is 20.6. The molecule has 35 heavy (non-hydrogen) atoms. The van der Waals surface area contributed by atoms with E-state index in [1.165, 1.54) is 4.90 Å². The molecule has 1 atom stereocenters. The zero-order chi connectivity index (χ0) is 25.0. The number of hydrogen-bond acceptors (Lipinski definition) is 6. The normalized spacial score (nSPS) is 23.9. The lowest BCUT2D eigenvalue weighted by atomic mass is 9.74. The van der Waals surface area contributed by atoms with Crippen molar-refractivity contribution in [2.45, 2.75) is 77.5 Å². The highest BCUT2D eigenvalue weighted by Crippen LogP contribution is 2.50. The lowest BCUT2D eigenvalue weighted by Gasteiger charge is -2.41. The Morgan fingerprint density at radius 1 is 1.17 bits per heavy atom. The van der Waals surface area contributed by atoms with Crippen LogP contribution in [-0.2, 0) is 20.9 Å². The number of aromatic nitrogens is 1. The molecule has 4 amide bonds. The summed E-state index contributed by atoms with van der Waals surface area (Å²) in [6, 6.07) is 3.03. The number of ether oxygens (including phenoxy) is 1. The molecular formula is C26H32N4O5. The van der Waals surface area contributed by atoms with Crippen molar-refractivity contribution in [2.24, 2.45) is 5.41 Å². The zero-order valence-corrected chi connectivity index (χ0v) is 20.6. The molecule has 0 aromatic carbocycles. The van der Waals surface area contributed by atoms with Gasteiger partial charge in [-0.15, -0.1) is 0 Å². The first-order valence-corrected chi connectivity index (χ1v) is 12.4. The Morgan fingerprint density at radius 3 is 2.60 bits per heavy atom. The molecule has 0 radical (unpaired) electrons. The van der Waals surface area contributed by atoms with Gasteiger partial charge in [0.2, 0.25) is 11.8 Å². The third-order valence-electron chi connectivity index (χ3n) is 7.44. The SMILES string of the molecule is CC(C)(C)OC(=O)N1CC=C(c2ccc3c(n2)CN(C2CCC(=O)NC2=O)C3=O)C2(CCCC2)C1. The second-order valence-electron chi connectivity index (χ2n) is 11.1. The maximum atomic E-state index is 13.0. The largest absolute Gasteiger partial charge is 0.444 e. The number of hydrogen-bond donors (Lipinski definition) is 1. The van der Waals surface area contributed by atoms with Gasteiger partial charge in [-0.1, -0.05) is 18.9 Å². The Balaban J connectivity index is 1.40. The molecule has 1 spiro atoms. The van der Waals surface area contributed by atoms with Gasteiger partial charge in [-0.25, -0.2) is 4.79 Å². The highest BCUT2D eigenvalue weighted by atomic mass is 16.6. The number of nitrogens with zero attached hydrogens (tertiary/aromatic N) is 3. The summed E-state index contributed by atoms with van der Waals surface area (Å²) in [5.74, 6) is -0.954. The highest BCUT2D eigenvalue weighted by Gasteiger charge is 2.45. The smallest absolute Gasteiger partial charge is 0.410 e. The van der Waals surface area contributed by atoms with E-state index >= 15 is 0 Å². The Bertz CT molecular complexity index is 1130. The van der Waals surface area contributed by atoms with Crippen LogP contribution in [0.15, 0.2) is 18.2 Å². The van der Waals surface area contributed by atoms with Gasteiger partial charge >= 0.3 is 6.09 Å². The van der Waals surface area contributed by atoms with Crippen molar-refractivity contribution in [3.8, 4) is 0 Å². The van der Waals surface area contributed by atoms with Crippen LogP contribution in [0.4, 0.5) is 4.79 Å². The fraction of sp³-hybridized carbons (Fsp3) is 0.577. The van der Waals surface area contributed by atoms with Crippen molar-refractivity contribution in [3.05, 3.63) is 35.2 Å². The van der Waals surface area contributed by atoms with Gasteiger partial charge in [-0.2, -0.15) is 0 Å². The molecule has 9 heteroatoms. The van der Waals surface area contributed by atoms with E-state index in [0.717, 1.165) is 37.0 Å². The first kappa shape index (κ1) is 23.5. The topological polar surface area (TPSA) is 109 Å². The van der Waals surface area contributed by atoms with Crippen LogP contribution in [0.2, 0.25) is 0 Å². The van der Waals surface area contributed by atoms with Crippen LogP contribution in [0.5, 0.6) is 0 Å². The molecule has 1 unspecified atom stereocenters. The van der Waals surface area contributed by atoms with Gasteiger partial charge in [0, 0.05) is 24.9 Å². The van der Waals surface area contributed by atoms with Gasteiger partial charge in [0.25, 0.3) is 5.91 Å². The van der Waals surface area contributed by atoms with Crippen LogP contribution in [0, 0.1) is 5.41 Å². The van der Waals surface area contributed by atoms with Crippen LogP contribution >= 0.6 is 0 Å². The Kier molecular flexibility index (Phi) is 5.68. The average molecular weight is 481 g/mol. The van der Waals surface area contributed by atoms with Crippen molar-refractivity contribution in [3.63, 3.8) is 0 Å².